The standard InChI is InChI=1S/C17H16N2O2/c1-11-3-2-4-14-16(11)15(20)10-13(17(21)19-14)9-12-5-7-18-8-6-12/h2-8,13H,9-10H2,1H3,(H,19,21)/t13-/m1/s1. The molecular weight excluding hydrogens is 264 g/mol. The molecule has 106 valence electrons. The first kappa shape index (κ1) is 13.5. The van der Waals surface area contributed by atoms with Gasteiger partial charge >= 0.3 is 0 Å². The van der Waals surface area contributed by atoms with Gasteiger partial charge in [-0.05, 0) is 42.7 Å². The van der Waals surface area contributed by atoms with E-state index in [-0.39, 0.29) is 24.0 Å². The topological polar surface area (TPSA) is 59.1 Å². The summed E-state index contributed by atoms with van der Waals surface area (Å²) in [5, 5.41) is 2.89. The minimum atomic E-state index is -0.341. The number of anilines is 1. The van der Waals surface area contributed by atoms with Crippen molar-refractivity contribution in [3.63, 3.8) is 0 Å². The fraction of sp³-hybridized carbons (Fsp3) is 0.235. The third-order valence-corrected chi connectivity index (χ3v) is 3.84. The maximum absolute atomic E-state index is 12.5. The molecule has 21 heavy (non-hydrogen) atoms. The van der Waals surface area contributed by atoms with Crippen LogP contribution in [0.15, 0.2) is 42.7 Å². The van der Waals surface area contributed by atoms with E-state index in [1.165, 1.54) is 0 Å². The van der Waals surface area contributed by atoms with Crippen molar-refractivity contribution in [3.05, 3.63) is 59.4 Å². The molecule has 2 aromatic rings. The van der Waals surface area contributed by atoms with E-state index in [2.05, 4.69) is 10.3 Å². The third kappa shape index (κ3) is 2.70. The van der Waals surface area contributed by atoms with Crippen molar-refractivity contribution in [3.8, 4) is 0 Å². The molecular formula is C17H16N2O2. The Morgan fingerprint density at radius 3 is 2.71 bits per heavy atom. The highest BCUT2D eigenvalue weighted by Gasteiger charge is 2.29. The number of nitrogens with zero attached hydrogens (tertiary/aromatic N) is 1. The second-order valence-electron chi connectivity index (χ2n) is 5.37. The average molecular weight is 280 g/mol. The quantitative estimate of drug-likeness (QED) is 0.920. The Balaban J connectivity index is 1.90. The first-order chi connectivity index (χ1) is 10.1. The molecule has 0 saturated carbocycles. The lowest BCUT2D eigenvalue weighted by molar-refractivity contribution is -0.119. The van der Waals surface area contributed by atoms with Crippen LogP contribution >= 0.6 is 0 Å². The van der Waals surface area contributed by atoms with Gasteiger partial charge in [0.25, 0.3) is 0 Å². The Kier molecular flexibility index (Phi) is 3.52. The minimum Gasteiger partial charge on any atom is -0.325 e. The maximum atomic E-state index is 12.5. The van der Waals surface area contributed by atoms with Crippen molar-refractivity contribution in [1.82, 2.24) is 4.98 Å². The van der Waals surface area contributed by atoms with Crippen molar-refractivity contribution in [2.24, 2.45) is 5.92 Å². The first-order valence-corrected chi connectivity index (χ1v) is 6.97. The second kappa shape index (κ2) is 5.48. The average Bonchev–Trinajstić information content (AvgIpc) is 2.58. The minimum absolute atomic E-state index is 0.0282. The zero-order chi connectivity index (χ0) is 14.8. The van der Waals surface area contributed by atoms with Crippen LogP contribution in [-0.4, -0.2) is 16.7 Å². The van der Waals surface area contributed by atoms with Crippen LogP contribution < -0.4 is 5.32 Å². The summed E-state index contributed by atoms with van der Waals surface area (Å²) in [7, 11) is 0. The number of hydrogen-bond acceptors (Lipinski definition) is 3. The molecule has 1 N–H and O–H groups in total. The van der Waals surface area contributed by atoms with Crippen molar-refractivity contribution in [2.75, 3.05) is 5.32 Å². The van der Waals surface area contributed by atoms with Gasteiger partial charge in [0.15, 0.2) is 5.78 Å². The molecule has 0 fully saturated rings. The summed E-state index contributed by atoms with van der Waals surface area (Å²) in [5.41, 5.74) is 3.19. The molecule has 4 nitrogen and oxygen atoms in total. The molecule has 3 rings (SSSR count). The van der Waals surface area contributed by atoms with Crippen LogP contribution in [0, 0.1) is 12.8 Å². The van der Waals surface area contributed by atoms with Crippen LogP contribution in [0.2, 0.25) is 0 Å². The highest BCUT2D eigenvalue weighted by atomic mass is 16.2. The summed E-state index contributed by atoms with van der Waals surface area (Å²) in [5.74, 6) is -0.406. The van der Waals surface area contributed by atoms with E-state index in [0.717, 1.165) is 11.1 Å². The van der Waals surface area contributed by atoms with Gasteiger partial charge in [0.2, 0.25) is 5.91 Å². The van der Waals surface area contributed by atoms with Gasteiger partial charge in [-0.3, -0.25) is 14.6 Å². The molecule has 0 spiro atoms. The Morgan fingerprint density at radius 1 is 1.19 bits per heavy atom. The van der Waals surface area contributed by atoms with E-state index < -0.39 is 0 Å². The molecule has 1 aromatic carbocycles. The molecule has 0 bridgehead atoms. The lowest BCUT2D eigenvalue weighted by atomic mass is 9.92. The summed E-state index contributed by atoms with van der Waals surface area (Å²) in [6.45, 7) is 1.89. The molecule has 1 aromatic heterocycles. The van der Waals surface area contributed by atoms with Gasteiger partial charge in [-0.1, -0.05) is 12.1 Å². The highest BCUT2D eigenvalue weighted by Crippen LogP contribution is 2.28. The van der Waals surface area contributed by atoms with Crippen molar-refractivity contribution >= 4 is 17.4 Å². The number of pyridine rings is 1. The molecule has 0 radical (unpaired) electrons. The summed E-state index contributed by atoms with van der Waals surface area (Å²) in [6.07, 6.45) is 4.19. The highest BCUT2D eigenvalue weighted by molar-refractivity contribution is 6.10. The fourth-order valence-electron chi connectivity index (χ4n) is 2.76. The van der Waals surface area contributed by atoms with Gasteiger partial charge in [-0.15, -0.1) is 0 Å². The van der Waals surface area contributed by atoms with Crippen LogP contribution in [0.25, 0.3) is 0 Å². The van der Waals surface area contributed by atoms with E-state index in [0.29, 0.717) is 17.7 Å². The third-order valence-electron chi connectivity index (χ3n) is 3.84. The number of rotatable bonds is 2. The first-order valence-electron chi connectivity index (χ1n) is 6.97. The number of amides is 1. The van der Waals surface area contributed by atoms with Crippen molar-refractivity contribution in [2.45, 2.75) is 19.8 Å². The number of carbonyl (C=O) groups is 2. The zero-order valence-electron chi connectivity index (χ0n) is 11.8. The molecule has 0 aliphatic carbocycles. The summed E-state index contributed by atoms with van der Waals surface area (Å²) < 4.78 is 0. The number of aromatic nitrogens is 1. The van der Waals surface area contributed by atoms with E-state index in [1.54, 1.807) is 18.5 Å². The maximum Gasteiger partial charge on any atom is 0.228 e. The van der Waals surface area contributed by atoms with Crippen molar-refractivity contribution in [1.29, 1.82) is 0 Å². The molecule has 1 atom stereocenters. The smallest absolute Gasteiger partial charge is 0.228 e. The number of benzene rings is 1. The Labute approximate surface area is 123 Å². The zero-order valence-corrected chi connectivity index (χ0v) is 11.8. The number of carbonyl (C=O) groups excluding carboxylic acids is 2. The van der Waals surface area contributed by atoms with Gasteiger partial charge in [-0.2, -0.15) is 0 Å². The molecule has 1 amide bonds. The monoisotopic (exact) mass is 280 g/mol. The number of aryl methyl sites for hydroxylation is 1. The van der Waals surface area contributed by atoms with E-state index in [4.69, 9.17) is 0 Å². The second-order valence-corrected chi connectivity index (χ2v) is 5.37. The Bertz CT molecular complexity index is 695. The van der Waals surface area contributed by atoms with E-state index in [1.807, 2.05) is 31.2 Å². The molecule has 1 aliphatic rings. The number of Topliss-reactive ketones (excluding diaryl/α,β-unsaturated/α-hetero) is 1. The van der Waals surface area contributed by atoms with Crippen LogP contribution in [0.4, 0.5) is 5.69 Å². The van der Waals surface area contributed by atoms with Crippen LogP contribution in [-0.2, 0) is 11.2 Å². The largest absolute Gasteiger partial charge is 0.325 e. The Hall–Kier alpha value is -2.49. The summed E-state index contributed by atoms with van der Waals surface area (Å²) in [4.78, 5) is 28.8. The van der Waals surface area contributed by atoms with E-state index in [9.17, 15) is 9.59 Å². The molecule has 0 unspecified atom stereocenters. The summed E-state index contributed by atoms with van der Waals surface area (Å²) in [6, 6.07) is 9.28. The number of hydrogen-bond donors (Lipinski definition) is 1. The van der Waals surface area contributed by atoms with Crippen LogP contribution in [0.5, 0.6) is 0 Å². The lowest BCUT2D eigenvalue weighted by Crippen LogP contribution is -2.24. The lowest BCUT2D eigenvalue weighted by Gasteiger charge is -2.12. The fourth-order valence-corrected chi connectivity index (χ4v) is 2.76. The number of nitrogens with one attached hydrogen (secondary N) is 1. The van der Waals surface area contributed by atoms with Gasteiger partial charge in [0.05, 0.1) is 5.69 Å². The van der Waals surface area contributed by atoms with Crippen LogP contribution in [0.1, 0.15) is 27.9 Å². The summed E-state index contributed by atoms with van der Waals surface area (Å²) >= 11 is 0. The number of ketones is 1. The van der Waals surface area contributed by atoms with Gasteiger partial charge < -0.3 is 5.32 Å². The SMILES string of the molecule is Cc1cccc2c1C(=O)C[C@@H](Cc1ccncc1)C(=O)N2. The molecule has 4 heteroatoms. The molecule has 1 aliphatic heterocycles. The van der Waals surface area contributed by atoms with Crippen LogP contribution in [0.3, 0.4) is 0 Å². The predicted molar refractivity (Wildman–Crippen MR) is 80.2 cm³/mol. The predicted octanol–water partition coefficient (Wildman–Crippen LogP) is 2.77. The number of fused-ring (bicyclic) bond motifs is 1. The van der Waals surface area contributed by atoms with Crippen molar-refractivity contribution < 1.29 is 9.59 Å². The van der Waals surface area contributed by atoms with Gasteiger partial charge in [0.1, 0.15) is 0 Å². The Morgan fingerprint density at radius 2 is 1.95 bits per heavy atom. The molecule has 2 heterocycles. The van der Waals surface area contributed by atoms with Gasteiger partial charge in [0, 0.05) is 30.3 Å². The molecule has 0 saturated heterocycles. The normalized spacial score (nSPS) is 17.9. The van der Waals surface area contributed by atoms with E-state index >= 15 is 0 Å². The van der Waals surface area contributed by atoms with Gasteiger partial charge in [-0.25, -0.2) is 0 Å².